The highest BCUT2D eigenvalue weighted by Crippen LogP contribution is 2.17. The predicted molar refractivity (Wildman–Crippen MR) is 72.0 cm³/mol. The van der Waals surface area contributed by atoms with Crippen molar-refractivity contribution in [3.05, 3.63) is 29.3 Å². The van der Waals surface area contributed by atoms with Crippen LogP contribution >= 0.6 is 0 Å². The first-order valence-electron chi connectivity index (χ1n) is 6.18. The molecule has 1 aliphatic rings. The first-order valence-corrected chi connectivity index (χ1v) is 8.00. The summed E-state index contributed by atoms with van der Waals surface area (Å²) in [7, 11) is -2.91. The summed E-state index contributed by atoms with van der Waals surface area (Å²) in [6.07, 6.45) is 0.927. The van der Waals surface area contributed by atoms with Crippen molar-refractivity contribution in [3.8, 4) is 5.75 Å². The van der Waals surface area contributed by atoms with E-state index < -0.39 is 9.84 Å². The Morgan fingerprint density at radius 2 is 1.95 bits per heavy atom. The van der Waals surface area contributed by atoms with E-state index >= 15 is 0 Å². The molecule has 0 bridgehead atoms. The van der Waals surface area contributed by atoms with Gasteiger partial charge < -0.3 is 10.4 Å². The number of carbonyl (C=O) groups is 1. The molecule has 1 heterocycles. The van der Waals surface area contributed by atoms with Crippen molar-refractivity contribution in [2.45, 2.75) is 25.8 Å². The maximum absolute atomic E-state index is 12.1. The molecular formula is C13H17NO4S. The number of amides is 1. The number of phenols is 1. The zero-order valence-electron chi connectivity index (χ0n) is 10.7. The molecule has 0 aliphatic carbocycles. The summed E-state index contributed by atoms with van der Waals surface area (Å²) in [4.78, 5) is 12.1. The van der Waals surface area contributed by atoms with Crippen molar-refractivity contribution in [3.63, 3.8) is 0 Å². The van der Waals surface area contributed by atoms with Crippen LogP contribution in [0.3, 0.4) is 0 Å². The van der Waals surface area contributed by atoms with Crippen molar-refractivity contribution in [2.75, 3.05) is 11.5 Å². The Morgan fingerprint density at radius 1 is 1.32 bits per heavy atom. The molecule has 1 fully saturated rings. The van der Waals surface area contributed by atoms with E-state index in [0.717, 1.165) is 0 Å². The number of benzene rings is 1. The van der Waals surface area contributed by atoms with Gasteiger partial charge in [-0.1, -0.05) is 0 Å². The van der Waals surface area contributed by atoms with Crippen LogP contribution in [-0.2, 0) is 9.84 Å². The van der Waals surface area contributed by atoms with Gasteiger partial charge in [-0.2, -0.15) is 0 Å². The number of aryl methyl sites for hydroxylation is 1. The SMILES string of the molecule is Cc1cc(O)ccc1C(=O)NC1CCS(=O)(=O)CC1. The fraction of sp³-hybridized carbons (Fsp3) is 0.462. The minimum atomic E-state index is -2.91. The van der Waals surface area contributed by atoms with E-state index in [1.807, 2.05) is 0 Å². The number of rotatable bonds is 2. The number of phenolic OH excluding ortho intramolecular Hbond substituents is 1. The lowest BCUT2D eigenvalue weighted by molar-refractivity contribution is 0.0933. The highest BCUT2D eigenvalue weighted by molar-refractivity contribution is 7.91. The van der Waals surface area contributed by atoms with E-state index in [0.29, 0.717) is 24.0 Å². The van der Waals surface area contributed by atoms with Crippen LogP contribution in [0, 0.1) is 6.92 Å². The summed E-state index contributed by atoms with van der Waals surface area (Å²) in [5.41, 5.74) is 1.20. The lowest BCUT2D eigenvalue weighted by Gasteiger charge is -2.23. The smallest absolute Gasteiger partial charge is 0.251 e. The molecule has 0 saturated carbocycles. The zero-order valence-corrected chi connectivity index (χ0v) is 11.5. The molecule has 1 saturated heterocycles. The molecule has 0 spiro atoms. The van der Waals surface area contributed by atoms with Crippen LogP contribution in [0.2, 0.25) is 0 Å². The Balaban J connectivity index is 2.02. The summed E-state index contributed by atoms with van der Waals surface area (Å²) in [6, 6.07) is 4.47. The van der Waals surface area contributed by atoms with Crippen molar-refractivity contribution in [2.24, 2.45) is 0 Å². The fourth-order valence-electron chi connectivity index (χ4n) is 2.20. The van der Waals surface area contributed by atoms with Gasteiger partial charge >= 0.3 is 0 Å². The summed E-state index contributed by atoms with van der Waals surface area (Å²) in [5, 5.41) is 12.1. The van der Waals surface area contributed by atoms with Crippen LogP contribution < -0.4 is 5.32 Å². The molecule has 104 valence electrons. The van der Waals surface area contributed by atoms with Crippen molar-refractivity contribution < 1.29 is 18.3 Å². The van der Waals surface area contributed by atoms with Gasteiger partial charge in [-0.25, -0.2) is 8.42 Å². The maximum atomic E-state index is 12.1. The van der Waals surface area contributed by atoms with Crippen LogP contribution in [0.15, 0.2) is 18.2 Å². The molecular weight excluding hydrogens is 266 g/mol. The van der Waals surface area contributed by atoms with Gasteiger partial charge in [-0.05, 0) is 43.5 Å². The third kappa shape index (κ3) is 3.47. The van der Waals surface area contributed by atoms with E-state index in [-0.39, 0.29) is 29.2 Å². The van der Waals surface area contributed by atoms with Crippen molar-refractivity contribution in [1.82, 2.24) is 5.32 Å². The van der Waals surface area contributed by atoms with E-state index in [1.165, 1.54) is 12.1 Å². The highest BCUT2D eigenvalue weighted by Gasteiger charge is 2.25. The second kappa shape index (κ2) is 5.21. The van der Waals surface area contributed by atoms with Gasteiger partial charge in [0.05, 0.1) is 11.5 Å². The van der Waals surface area contributed by atoms with Gasteiger partial charge in [0.1, 0.15) is 15.6 Å². The van der Waals surface area contributed by atoms with Crippen molar-refractivity contribution in [1.29, 1.82) is 0 Å². The number of sulfone groups is 1. The second-order valence-electron chi connectivity index (χ2n) is 4.90. The molecule has 0 unspecified atom stereocenters. The number of nitrogens with one attached hydrogen (secondary N) is 1. The highest BCUT2D eigenvalue weighted by atomic mass is 32.2. The summed E-state index contributed by atoms with van der Waals surface area (Å²) in [6.45, 7) is 1.75. The third-order valence-corrected chi connectivity index (χ3v) is 5.06. The van der Waals surface area contributed by atoms with Crippen LogP contribution in [0.5, 0.6) is 5.75 Å². The first kappa shape index (κ1) is 13.9. The lowest BCUT2D eigenvalue weighted by Crippen LogP contribution is -2.41. The molecule has 6 heteroatoms. The Morgan fingerprint density at radius 3 is 2.53 bits per heavy atom. The maximum Gasteiger partial charge on any atom is 0.251 e. The topological polar surface area (TPSA) is 83.5 Å². The van der Waals surface area contributed by atoms with E-state index in [4.69, 9.17) is 0 Å². The molecule has 1 amide bonds. The Labute approximate surface area is 112 Å². The molecule has 0 radical (unpaired) electrons. The van der Waals surface area contributed by atoms with E-state index in [9.17, 15) is 18.3 Å². The molecule has 1 aromatic rings. The molecule has 0 aromatic heterocycles. The molecule has 0 atom stereocenters. The number of aromatic hydroxyl groups is 1. The van der Waals surface area contributed by atoms with E-state index in [1.54, 1.807) is 13.0 Å². The number of hydrogen-bond donors (Lipinski definition) is 2. The predicted octanol–water partition coefficient (Wildman–Crippen LogP) is 1.01. The minimum absolute atomic E-state index is 0.0933. The Bertz CT molecular complexity index is 581. The van der Waals surface area contributed by atoms with Crippen LogP contribution in [-0.4, -0.2) is 37.0 Å². The largest absolute Gasteiger partial charge is 0.508 e. The molecule has 1 aliphatic heterocycles. The average Bonchev–Trinajstić information content (AvgIpc) is 2.31. The summed E-state index contributed by atoms with van der Waals surface area (Å²) < 4.78 is 22.6. The molecule has 5 nitrogen and oxygen atoms in total. The lowest BCUT2D eigenvalue weighted by atomic mass is 10.1. The van der Waals surface area contributed by atoms with Crippen LogP contribution in [0.4, 0.5) is 0 Å². The minimum Gasteiger partial charge on any atom is -0.508 e. The van der Waals surface area contributed by atoms with Gasteiger partial charge in [0.15, 0.2) is 0 Å². The quantitative estimate of drug-likeness (QED) is 0.848. The van der Waals surface area contributed by atoms with Crippen LogP contribution in [0.1, 0.15) is 28.8 Å². The molecule has 1 aromatic carbocycles. The second-order valence-corrected chi connectivity index (χ2v) is 7.20. The van der Waals surface area contributed by atoms with Gasteiger partial charge in [0.25, 0.3) is 5.91 Å². The van der Waals surface area contributed by atoms with Gasteiger partial charge in [0, 0.05) is 11.6 Å². The Kier molecular flexibility index (Phi) is 3.80. The van der Waals surface area contributed by atoms with Gasteiger partial charge in [-0.3, -0.25) is 4.79 Å². The Hall–Kier alpha value is -1.56. The van der Waals surface area contributed by atoms with Crippen LogP contribution in [0.25, 0.3) is 0 Å². The summed E-state index contributed by atoms with van der Waals surface area (Å²) >= 11 is 0. The van der Waals surface area contributed by atoms with Gasteiger partial charge in [0.2, 0.25) is 0 Å². The van der Waals surface area contributed by atoms with Crippen molar-refractivity contribution >= 4 is 15.7 Å². The molecule has 19 heavy (non-hydrogen) atoms. The zero-order chi connectivity index (χ0) is 14.0. The van der Waals surface area contributed by atoms with E-state index in [2.05, 4.69) is 5.32 Å². The monoisotopic (exact) mass is 283 g/mol. The van der Waals surface area contributed by atoms with Gasteiger partial charge in [-0.15, -0.1) is 0 Å². The number of carbonyl (C=O) groups excluding carboxylic acids is 1. The normalized spacial score (nSPS) is 19.0. The fourth-order valence-corrected chi connectivity index (χ4v) is 3.69. The first-order chi connectivity index (χ1) is 8.87. The standard InChI is InChI=1S/C13H17NO4S/c1-9-8-11(15)2-3-12(9)13(16)14-10-4-6-19(17,18)7-5-10/h2-3,8,10,15H,4-7H2,1H3,(H,14,16). The molecule has 2 rings (SSSR count). The average molecular weight is 283 g/mol. The molecule has 2 N–H and O–H groups in total. The summed E-state index contributed by atoms with van der Waals surface area (Å²) in [5.74, 6) is 0.165. The number of hydrogen-bond acceptors (Lipinski definition) is 4. The third-order valence-electron chi connectivity index (χ3n) is 3.34.